The number of hydrogen-bond acceptors (Lipinski definition) is 5. The van der Waals surface area contributed by atoms with E-state index in [9.17, 15) is 22.8 Å². The van der Waals surface area contributed by atoms with Crippen molar-refractivity contribution in [3.05, 3.63) is 64.8 Å². The van der Waals surface area contributed by atoms with Gasteiger partial charge in [-0.2, -0.15) is 18.3 Å². The molecule has 0 aliphatic carbocycles. The topological polar surface area (TPSA) is 102 Å². The molecular formula is C19H13ClF3N5O3. The highest BCUT2D eigenvalue weighted by atomic mass is 35.5. The maximum absolute atomic E-state index is 12.5. The minimum atomic E-state index is -4.56. The summed E-state index contributed by atoms with van der Waals surface area (Å²) in [6.45, 7) is -1.53. The number of benzene rings is 1. The number of fused-ring (bicyclic) bond motifs is 2. The lowest BCUT2D eigenvalue weighted by Crippen LogP contribution is -2.33. The highest BCUT2D eigenvalue weighted by molar-refractivity contribution is 6.32. The fourth-order valence-corrected chi connectivity index (χ4v) is 3.18. The molecule has 0 aliphatic rings. The van der Waals surface area contributed by atoms with Gasteiger partial charge >= 0.3 is 6.18 Å². The summed E-state index contributed by atoms with van der Waals surface area (Å²) >= 11 is 5.99. The molecule has 0 radical (unpaired) electrons. The van der Waals surface area contributed by atoms with Crippen LogP contribution in [0.15, 0.2) is 47.3 Å². The Hall–Kier alpha value is -3.60. The first-order chi connectivity index (χ1) is 14.7. The number of nitrogens with one attached hydrogen (secondary N) is 2. The molecule has 4 rings (SSSR count). The molecule has 0 aliphatic heterocycles. The molecule has 2 N–H and O–H groups in total. The number of carbonyl (C=O) groups is 2. The molecule has 0 fully saturated rings. The summed E-state index contributed by atoms with van der Waals surface area (Å²) in [5, 5.41) is 9.04. The molecular weight excluding hydrogens is 439 g/mol. The quantitative estimate of drug-likeness (QED) is 0.484. The van der Waals surface area contributed by atoms with Crippen LogP contribution in [-0.4, -0.2) is 39.1 Å². The molecule has 1 aromatic carbocycles. The summed E-state index contributed by atoms with van der Waals surface area (Å²) in [6.07, 6.45) is -0.00624. The number of aromatic nitrogens is 3. The highest BCUT2D eigenvalue weighted by Crippen LogP contribution is 2.28. The first-order valence-electron chi connectivity index (χ1n) is 8.85. The number of alkyl halides is 3. The first kappa shape index (κ1) is 20.7. The van der Waals surface area contributed by atoms with Gasteiger partial charge in [-0.15, -0.1) is 0 Å². The molecule has 3 heterocycles. The zero-order chi connectivity index (χ0) is 22.2. The van der Waals surface area contributed by atoms with Crippen molar-refractivity contribution in [1.82, 2.24) is 25.2 Å². The van der Waals surface area contributed by atoms with Crippen molar-refractivity contribution < 1.29 is 27.2 Å². The minimum absolute atomic E-state index is 0.0427. The number of carbonyl (C=O) groups excluding carboxylic acids is 2. The van der Waals surface area contributed by atoms with E-state index in [0.29, 0.717) is 11.0 Å². The average molecular weight is 452 g/mol. The lowest BCUT2D eigenvalue weighted by atomic mass is 10.1. The number of nitrogens with zero attached hydrogens (tertiary/aromatic N) is 3. The third-order valence-electron chi connectivity index (χ3n) is 4.27. The van der Waals surface area contributed by atoms with Crippen LogP contribution in [0.3, 0.4) is 0 Å². The Kier molecular flexibility index (Phi) is 5.27. The molecule has 8 nitrogen and oxygen atoms in total. The van der Waals surface area contributed by atoms with Crippen LogP contribution in [0.5, 0.6) is 0 Å². The third-order valence-corrected chi connectivity index (χ3v) is 4.49. The normalized spacial score (nSPS) is 11.7. The van der Waals surface area contributed by atoms with E-state index in [0.717, 1.165) is 0 Å². The Labute approximate surface area is 177 Å². The van der Waals surface area contributed by atoms with Gasteiger partial charge in [-0.05, 0) is 24.3 Å². The van der Waals surface area contributed by atoms with Crippen molar-refractivity contribution >= 4 is 40.0 Å². The zero-order valence-corrected chi connectivity index (χ0v) is 16.3. The molecule has 31 heavy (non-hydrogen) atoms. The van der Waals surface area contributed by atoms with Gasteiger partial charge in [0.2, 0.25) is 0 Å². The summed E-state index contributed by atoms with van der Waals surface area (Å²) < 4.78 is 44.3. The molecule has 4 aromatic rings. The summed E-state index contributed by atoms with van der Waals surface area (Å²) in [4.78, 5) is 28.8. The van der Waals surface area contributed by atoms with E-state index >= 15 is 0 Å². The molecule has 160 valence electrons. The Balaban J connectivity index is 1.54. The Morgan fingerprint density at radius 3 is 2.68 bits per heavy atom. The second-order valence-corrected chi connectivity index (χ2v) is 6.95. The molecule has 2 amide bonds. The van der Waals surface area contributed by atoms with Gasteiger partial charge in [0.1, 0.15) is 23.5 Å². The monoisotopic (exact) mass is 451 g/mol. The number of amides is 2. The van der Waals surface area contributed by atoms with Gasteiger partial charge in [-0.25, -0.2) is 9.50 Å². The van der Waals surface area contributed by atoms with E-state index in [1.165, 1.54) is 35.1 Å². The van der Waals surface area contributed by atoms with E-state index in [1.54, 1.807) is 17.6 Å². The molecule has 3 aromatic heterocycles. The molecule has 0 bridgehead atoms. The molecule has 0 saturated heterocycles. The van der Waals surface area contributed by atoms with Crippen molar-refractivity contribution in [2.45, 2.75) is 12.7 Å². The maximum Gasteiger partial charge on any atom is 0.405 e. The SMILES string of the molecule is O=C(NCC(F)(F)F)c1cc(Cl)cc2cc(CNC(=O)c3cnn4cccnc34)oc12. The largest absolute Gasteiger partial charge is 0.458 e. The summed E-state index contributed by atoms with van der Waals surface area (Å²) in [5.41, 5.74) is 0.550. The van der Waals surface area contributed by atoms with Crippen LogP contribution < -0.4 is 10.6 Å². The average Bonchev–Trinajstić information content (AvgIpc) is 3.33. The number of halogens is 4. The van der Waals surface area contributed by atoms with Gasteiger partial charge in [0, 0.05) is 22.8 Å². The fourth-order valence-electron chi connectivity index (χ4n) is 2.95. The number of hydrogen-bond donors (Lipinski definition) is 2. The Morgan fingerprint density at radius 1 is 1.13 bits per heavy atom. The van der Waals surface area contributed by atoms with Gasteiger partial charge in [0.25, 0.3) is 11.8 Å². The summed E-state index contributed by atoms with van der Waals surface area (Å²) in [5.74, 6) is -1.15. The van der Waals surface area contributed by atoms with Gasteiger partial charge < -0.3 is 15.1 Å². The first-order valence-corrected chi connectivity index (χ1v) is 9.22. The van der Waals surface area contributed by atoms with Crippen molar-refractivity contribution in [2.24, 2.45) is 0 Å². The van der Waals surface area contributed by atoms with Gasteiger partial charge in [0.15, 0.2) is 5.65 Å². The lowest BCUT2D eigenvalue weighted by molar-refractivity contribution is -0.123. The van der Waals surface area contributed by atoms with Gasteiger partial charge in [0.05, 0.1) is 18.3 Å². The molecule has 0 unspecified atom stereocenters. The van der Waals surface area contributed by atoms with Crippen LogP contribution in [0, 0.1) is 0 Å². The highest BCUT2D eigenvalue weighted by Gasteiger charge is 2.28. The lowest BCUT2D eigenvalue weighted by Gasteiger charge is -2.08. The second-order valence-electron chi connectivity index (χ2n) is 6.51. The van der Waals surface area contributed by atoms with Crippen LogP contribution >= 0.6 is 11.6 Å². The molecule has 0 spiro atoms. The van der Waals surface area contributed by atoms with E-state index in [-0.39, 0.29) is 34.0 Å². The predicted molar refractivity (Wildman–Crippen MR) is 104 cm³/mol. The van der Waals surface area contributed by atoms with Crippen molar-refractivity contribution in [1.29, 1.82) is 0 Å². The smallest absolute Gasteiger partial charge is 0.405 e. The van der Waals surface area contributed by atoms with Gasteiger partial charge in [-0.3, -0.25) is 9.59 Å². The summed E-state index contributed by atoms with van der Waals surface area (Å²) in [7, 11) is 0. The number of furan rings is 1. The van der Waals surface area contributed by atoms with Crippen molar-refractivity contribution in [3.63, 3.8) is 0 Å². The van der Waals surface area contributed by atoms with Crippen LogP contribution in [0.25, 0.3) is 16.6 Å². The van der Waals surface area contributed by atoms with Crippen molar-refractivity contribution in [3.8, 4) is 0 Å². The minimum Gasteiger partial charge on any atom is -0.458 e. The van der Waals surface area contributed by atoms with Crippen LogP contribution in [0.4, 0.5) is 13.2 Å². The van der Waals surface area contributed by atoms with Crippen LogP contribution in [0.1, 0.15) is 26.5 Å². The fraction of sp³-hybridized carbons (Fsp3) is 0.158. The Morgan fingerprint density at radius 2 is 1.90 bits per heavy atom. The summed E-state index contributed by atoms with van der Waals surface area (Å²) in [6, 6.07) is 5.92. The van der Waals surface area contributed by atoms with E-state index in [2.05, 4.69) is 15.4 Å². The molecule has 12 heteroatoms. The van der Waals surface area contributed by atoms with E-state index in [4.69, 9.17) is 16.0 Å². The van der Waals surface area contributed by atoms with E-state index < -0.39 is 24.5 Å². The number of rotatable bonds is 5. The van der Waals surface area contributed by atoms with E-state index in [1.807, 2.05) is 0 Å². The predicted octanol–water partition coefficient (Wildman–Crippen LogP) is 3.35. The van der Waals surface area contributed by atoms with Crippen molar-refractivity contribution in [2.75, 3.05) is 6.54 Å². The standard InChI is InChI=1S/C19H13ClF3N5O3/c20-11-4-10-5-12(31-15(10)13(6-11)17(29)26-9-19(21,22)23)7-25-18(30)14-8-27-28-3-1-2-24-16(14)28/h1-6,8H,7,9H2,(H,25,30)(H,26,29). The maximum atomic E-state index is 12.5. The molecule has 0 atom stereocenters. The third kappa shape index (κ3) is 4.45. The molecule has 0 saturated carbocycles. The second kappa shape index (κ2) is 7.91. The zero-order valence-electron chi connectivity index (χ0n) is 15.5. The Bertz CT molecular complexity index is 1300. The van der Waals surface area contributed by atoms with Crippen LogP contribution in [-0.2, 0) is 6.54 Å². The van der Waals surface area contributed by atoms with Gasteiger partial charge in [-0.1, -0.05) is 11.6 Å². The van der Waals surface area contributed by atoms with Crippen LogP contribution in [0.2, 0.25) is 5.02 Å².